The molecule has 0 aliphatic carbocycles. The first-order chi connectivity index (χ1) is 6.19. The van der Waals surface area contributed by atoms with Crippen LogP contribution in [-0.4, -0.2) is 17.3 Å². The van der Waals surface area contributed by atoms with Crippen LogP contribution in [0.4, 0.5) is 0 Å². The van der Waals surface area contributed by atoms with Crippen molar-refractivity contribution in [2.75, 3.05) is 7.11 Å². The van der Waals surface area contributed by atoms with Crippen LogP contribution >= 0.6 is 0 Å². The smallest absolute Gasteiger partial charge is 0.164 e. The Morgan fingerprint density at radius 1 is 1.23 bits per heavy atom. The van der Waals surface area contributed by atoms with E-state index in [4.69, 9.17) is 4.74 Å². The molecule has 3 heteroatoms. The molecule has 0 aliphatic heterocycles. The number of aromatic hydroxyl groups is 2. The molecule has 3 nitrogen and oxygen atoms in total. The average molecular weight is 180 g/mol. The van der Waals surface area contributed by atoms with Crippen molar-refractivity contribution in [2.45, 2.75) is 6.92 Å². The predicted molar refractivity (Wildman–Crippen MR) is 51.0 cm³/mol. The van der Waals surface area contributed by atoms with E-state index in [2.05, 4.69) is 0 Å². The fourth-order valence-corrected chi connectivity index (χ4v) is 1.05. The third-order valence-corrected chi connectivity index (χ3v) is 1.67. The summed E-state index contributed by atoms with van der Waals surface area (Å²) in [5.41, 5.74) is 0.570. The number of hydrogen-bond acceptors (Lipinski definition) is 3. The summed E-state index contributed by atoms with van der Waals surface area (Å²) in [6, 6.07) is 2.83. The minimum absolute atomic E-state index is 0.0217. The summed E-state index contributed by atoms with van der Waals surface area (Å²) in [5, 5.41) is 18.8. The number of rotatable bonds is 2. The lowest BCUT2D eigenvalue weighted by Gasteiger charge is -2.05. The maximum absolute atomic E-state index is 9.44. The lowest BCUT2D eigenvalue weighted by Crippen LogP contribution is -1.84. The van der Waals surface area contributed by atoms with Gasteiger partial charge in [-0.3, -0.25) is 0 Å². The van der Waals surface area contributed by atoms with Crippen LogP contribution in [0.5, 0.6) is 17.2 Å². The Labute approximate surface area is 76.9 Å². The van der Waals surface area contributed by atoms with Gasteiger partial charge in [-0.1, -0.05) is 12.2 Å². The van der Waals surface area contributed by atoms with E-state index in [9.17, 15) is 10.2 Å². The van der Waals surface area contributed by atoms with E-state index in [-0.39, 0.29) is 17.2 Å². The van der Waals surface area contributed by atoms with Crippen molar-refractivity contribution in [1.29, 1.82) is 0 Å². The van der Waals surface area contributed by atoms with Crippen LogP contribution in [0.3, 0.4) is 0 Å². The zero-order chi connectivity index (χ0) is 9.84. The van der Waals surface area contributed by atoms with Crippen LogP contribution < -0.4 is 4.74 Å². The first kappa shape index (κ1) is 9.45. The standard InChI is InChI=1S/C10H12O3/c1-3-4-7-5-9(12)10(13-2)6-8(7)11/h3-6,11-12H,1-2H3/b4-3-. The Morgan fingerprint density at radius 3 is 2.46 bits per heavy atom. The Balaban J connectivity index is 3.20. The zero-order valence-corrected chi connectivity index (χ0v) is 7.61. The highest BCUT2D eigenvalue weighted by Gasteiger charge is 2.05. The van der Waals surface area contributed by atoms with E-state index >= 15 is 0 Å². The van der Waals surface area contributed by atoms with E-state index < -0.39 is 0 Å². The van der Waals surface area contributed by atoms with Gasteiger partial charge in [-0.25, -0.2) is 0 Å². The van der Waals surface area contributed by atoms with Gasteiger partial charge < -0.3 is 14.9 Å². The SMILES string of the molecule is C/C=C\c1cc(O)c(OC)cc1O. The fraction of sp³-hybridized carbons (Fsp3) is 0.200. The van der Waals surface area contributed by atoms with E-state index in [1.54, 1.807) is 12.2 Å². The third-order valence-electron chi connectivity index (χ3n) is 1.67. The Hall–Kier alpha value is -1.64. The van der Waals surface area contributed by atoms with Crippen molar-refractivity contribution in [3.63, 3.8) is 0 Å². The van der Waals surface area contributed by atoms with E-state index in [0.717, 1.165) is 0 Å². The number of benzene rings is 1. The molecule has 2 N–H and O–H groups in total. The molecule has 0 spiro atoms. The number of ether oxygens (including phenoxy) is 1. The van der Waals surface area contributed by atoms with E-state index in [0.29, 0.717) is 5.56 Å². The molecule has 70 valence electrons. The van der Waals surface area contributed by atoms with Crippen molar-refractivity contribution in [3.05, 3.63) is 23.8 Å². The Kier molecular flexibility index (Phi) is 2.80. The second-order valence-electron chi connectivity index (χ2n) is 2.58. The number of allylic oxidation sites excluding steroid dienone is 1. The first-order valence-corrected chi connectivity index (χ1v) is 3.91. The number of hydrogen-bond donors (Lipinski definition) is 2. The molecule has 0 bridgehead atoms. The van der Waals surface area contributed by atoms with Crippen molar-refractivity contribution in [3.8, 4) is 17.2 Å². The molecule has 0 unspecified atom stereocenters. The number of phenols is 2. The van der Waals surface area contributed by atoms with Crippen molar-refractivity contribution >= 4 is 6.08 Å². The van der Waals surface area contributed by atoms with Gasteiger partial charge in [0.25, 0.3) is 0 Å². The second kappa shape index (κ2) is 3.85. The van der Waals surface area contributed by atoms with Gasteiger partial charge in [0.1, 0.15) is 5.75 Å². The molecule has 13 heavy (non-hydrogen) atoms. The van der Waals surface area contributed by atoms with Gasteiger partial charge in [0.05, 0.1) is 7.11 Å². The van der Waals surface area contributed by atoms with Gasteiger partial charge >= 0.3 is 0 Å². The largest absolute Gasteiger partial charge is 0.507 e. The highest BCUT2D eigenvalue weighted by Crippen LogP contribution is 2.33. The molecule has 0 saturated heterocycles. The molecule has 0 saturated carbocycles. The molecule has 0 amide bonds. The minimum Gasteiger partial charge on any atom is -0.507 e. The maximum Gasteiger partial charge on any atom is 0.164 e. The van der Waals surface area contributed by atoms with E-state index in [1.807, 2.05) is 6.92 Å². The lowest BCUT2D eigenvalue weighted by atomic mass is 10.1. The van der Waals surface area contributed by atoms with Gasteiger partial charge in [-0.2, -0.15) is 0 Å². The first-order valence-electron chi connectivity index (χ1n) is 3.91. The summed E-state index contributed by atoms with van der Waals surface area (Å²) in [6.07, 6.45) is 3.48. The molecule has 0 aliphatic rings. The molecule has 0 atom stereocenters. The summed E-state index contributed by atoms with van der Waals surface area (Å²) in [7, 11) is 1.43. The molecular weight excluding hydrogens is 168 g/mol. The summed E-state index contributed by atoms with van der Waals surface area (Å²) in [4.78, 5) is 0. The molecule has 1 rings (SSSR count). The topological polar surface area (TPSA) is 49.7 Å². The summed E-state index contributed by atoms with van der Waals surface area (Å²) >= 11 is 0. The number of methoxy groups -OCH3 is 1. The number of phenolic OH excluding ortho intramolecular Hbond substituents is 2. The molecule has 0 heterocycles. The maximum atomic E-state index is 9.44. The molecule has 0 fully saturated rings. The van der Waals surface area contributed by atoms with Crippen molar-refractivity contribution in [1.82, 2.24) is 0 Å². The van der Waals surface area contributed by atoms with Gasteiger partial charge in [-0.05, 0) is 13.0 Å². The van der Waals surface area contributed by atoms with Crippen LogP contribution in [0.15, 0.2) is 18.2 Å². The normalized spacial score (nSPS) is 10.6. The van der Waals surface area contributed by atoms with Gasteiger partial charge in [-0.15, -0.1) is 0 Å². The van der Waals surface area contributed by atoms with E-state index in [1.165, 1.54) is 19.2 Å². The van der Waals surface area contributed by atoms with Gasteiger partial charge in [0, 0.05) is 11.6 Å². The quantitative estimate of drug-likeness (QED) is 0.685. The lowest BCUT2D eigenvalue weighted by molar-refractivity contribution is 0.368. The highest BCUT2D eigenvalue weighted by atomic mass is 16.5. The molecule has 1 aromatic carbocycles. The monoisotopic (exact) mass is 180 g/mol. The van der Waals surface area contributed by atoms with Crippen molar-refractivity contribution < 1.29 is 14.9 Å². The summed E-state index contributed by atoms with van der Waals surface area (Å²) in [5.74, 6) is 0.381. The summed E-state index contributed by atoms with van der Waals surface area (Å²) in [6.45, 7) is 1.83. The zero-order valence-electron chi connectivity index (χ0n) is 7.61. The summed E-state index contributed by atoms with van der Waals surface area (Å²) < 4.78 is 4.82. The molecule has 1 aromatic rings. The fourth-order valence-electron chi connectivity index (χ4n) is 1.05. The van der Waals surface area contributed by atoms with Crippen LogP contribution in [0.2, 0.25) is 0 Å². The highest BCUT2D eigenvalue weighted by molar-refractivity contribution is 5.62. The second-order valence-corrected chi connectivity index (χ2v) is 2.58. The van der Waals surface area contributed by atoms with Crippen LogP contribution in [0, 0.1) is 0 Å². The predicted octanol–water partition coefficient (Wildman–Crippen LogP) is 2.14. The van der Waals surface area contributed by atoms with Crippen LogP contribution in [0.1, 0.15) is 12.5 Å². The Bertz CT molecular complexity index is 329. The molecular formula is C10H12O3. The van der Waals surface area contributed by atoms with Crippen LogP contribution in [0.25, 0.3) is 6.08 Å². The minimum atomic E-state index is 0.0217. The molecule has 0 aromatic heterocycles. The van der Waals surface area contributed by atoms with Crippen LogP contribution in [-0.2, 0) is 0 Å². The van der Waals surface area contributed by atoms with Crippen molar-refractivity contribution in [2.24, 2.45) is 0 Å². The Morgan fingerprint density at radius 2 is 1.92 bits per heavy atom. The third kappa shape index (κ3) is 1.93. The average Bonchev–Trinajstić information content (AvgIpc) is 2.11. The van der Waals surface area contributed by atoms with Gasteiger partial charge in [0.15, 0.2) is 11.5 Å². The van der Waals surface area contributed by atoms with Gasteiger partial charge in [0.2, 0.25) is 0 Å². The molecule has 0 radical (unpaired) electrons.